The SMILES string of the molecule is O=C(O)C=CC(COc1ccccc1)OCCOc1ccccc1. The van der Waals surface area contributed by atoms with Gasteiger partial charge in [-0.3, -0.25) is 0 Å². The van der Waals surface area contributed by atoms with Gasteiger partial charge in [0.25, 0.3) is 0 Å². The maximum atomic E-state index is 10.7. The van der Waals surface area contributed by atoms with Crippen molar-refractivity contribution in [3.8, 4) is 11.5 Å². The van der Waals surface area contributed by atoms with Crippen LogP contribution in [0.4, 0.5) is 0 Å². The first-order valence-corrected chi connectivity index (χ1v) is 7.62. The smallest absolute Gasteiger partial charge is 0.328 e. The number of rotatable bonds is 10. The fraction of sp³-hybridized carbons (Fsp3) is 0.211. The second kappa shape index (κ2) is 10.1. The van der Waals surface area contributed by atoms with Gasteiger partial charge in [0.15, 0.2) is 0 Å². The largest absolute Gasteiger partial charge is 0.491 e. The zero-order chi connectivity index (χ0) is 17.0. The average molecular weight is 328 g/mol. The maximum absolute atomic E-state index is 10.7. The third-order valence-corrected chi connectivity index (χ3v) is 3.04. The molecule has 0 amide bonds. The van der Waals surface area contributed by atoms with Gasteiger partial charge < -0.3 is 19.3 Å². The van der Waals surface area contributed by atoms with Crippen molar-refractivity contribution in [1.82, 2.24) is 0 Å². The molecule has 1 unspecified atom stereocenters. The van der Waals surface area contributed by atoms with Gasteiger partial charge in [0, 0.05) is 6.08 Å². The Balaban J connectivity index is 1.78. The molecule has 0 fully saturated rings. The van der Waals surface area contributed by atoms with Crippen LogP contribution in [0.25, 0.3) is 0 Å². The molecule has 0 heterocycles. The third-order valence-electron chi connectivity index (χ3n) is 3.04. The minimum atomic E-state index is -1.02. The highest BCUT2D eigenvalue weighted by molar-refractivity contribution is 5.79. The van der Waals surface area contributed by atoms with E-state index in [1.54, 1.807) is 0 Å². The minimum Gasteiger partial charge on any atom is -0.491 e. The molecule has 0 aliphatic rings. The van der Waals surface area contributed by atoms with E-state index in [1.165, 1.54) is 6.08 Å². The quantitative estimate of drug-likeness (QED) is 0.536. The number of aliphatic carboxylic acids is 1. The summed E-state index contributed by atoms with van der Waals surface area (Å²) in [5, 5.41) is 8.76. The number of hydrogen-bond acceptors (Lipinski definition) is 4. The lowest BCUT2D eigenvalue weighted by molar-refractivity contribution is -0.131. The summed E-state index contributed by atoms with van der Waals surface area (Å²) in [6.45, 7) is 0.910. The van der Waals surface area contributed by atoms with E-state index in [9.17, 15) is 4.79 Å². The van der Waals surface area contributed by atoms with Gasteiger partial charge in [0.2, 0.25) is 0 Å². The first kappa shape index (κ1) is 17.6. The lowest BCUT2D eigenvalue weighted by Crippen LogP contribution is -2.22. The number of benzene rings is 2. The molecule has 0 radical (unpaired) electrons. The van der Waals surface area contributed by atoms with Crippen LogP contribution in [-0.4, -0.2) is 37.0 Å². The van der Waals surface area contributed by atoms with Gasteiger partial charge in [-0.25, -0.2) is 4.79 Å². The van der Waals surface area contributed by atoms with Crippen LogP contribution in [0.3, 0.4) is 0 Å². The molecule has 0 bridgehead atoms. The van der Waals surface area contributed by atoms with Crippen molar-refractivity contribution in [1.29, 1.82) is 0 Å². The van der Waals surface area contributed by atoms with Crippen molar-refractivity contribution in [3.63, 3.8) is 0 Å². The fourth-order valence-corrected chi connectivity index (χ4v) is 1.92. The number of ether oxygens (including phenoxy) is 3. The summed E-state index contributed by atoms with van der Waals surface area (Å²) < 4.78 is 16.8. The second-order valence-electron chi connectivity index (χ2n) is 4.89. The molecule has 5 nitrogen and oxygen atoms in total. The molecule has 1 N–H and O–H groups in total. The summed E-state index contributed by atoms with van der Waals surface area (Å²) in [5.74, 6) is 0.443. The van der Waals surface area contributed by atoms with Crippen molar-refractivity contribution < 1.29 is 24.1 Å². The molecule has 2 aromatic rings. The Morgan fingerprint density at radius 3 is 2.08 bits per heavy atom. The highest BCUT2D eigenvalue weighted by Crippen LogP contribution is 2.10. The number of carboxylic acids is 1. The summed E-state index contributed by atoms with van der Waals surface area (Å²) in [7, 11) is 0. The molecule has 0 saturated heterocycles. The monoisotopic (exact) mass is 328 g/mol. The molecule has 2 aromatic carbocycles. The van der Waals surface area contributed by atoms with Crippen molar-refractivity contribution in [2.75, 3.05) is 19.8 Å². The van der Waals surface area contributed by atoms with E-state index in [4.69, 9.17) is 19.3 Å². The van der Waals surface area contributed by atoms with Gasteiger partial charge >= 0.3 is 5.97 Å². The molecule has 24 heavy (non-hydrogen) atoms. The predicted molar refractivity (Wildman–Crippen MR) is 90.4 cm³/mol. The zero-order valence-corrected chi connectivity index (χ0v) is 13.2. The molecule has 5 heteroatoms. The maximum Gasteiger partial charge on any atom is 0.328 e. The van der Waals surface area contributed by atoms with Crippen LogP contribution in [0.15, 0.2) is 72.8 Å². The molecule has 0 saturated carbocycles. The molecule has 0 aliphatic heterocycles. The van der Waals surface area contributed by atoms with Crippen LogP contribution < -0.4 is 9.47 Å². The van der Waals surface area contributed by atoms with Gasteiger partial charge in [-0.05, 0) is 30.3 Å². The van der Waals surface area contributed by atoms with Crippen LogP contribution in [0.2, 0.25) is 0 Å². The second-order valence-corrected chi connectivity index (χ2v) is 4.89. The fourth-order valence-electron chi connectivity index (χ4n) is 1.92. The van der Waals surface area contributed by atoms with Crippen molar-refractivity contribution >= 4 is 5.97 Å². The van der Waals surface area contributed by atoms with Crippen molar-refractivity contribution in [2.24, 2.45) is 0 Å². The standard InChI is InChI=1S/C19H20O5/c20-19(21)12-11-18(15-24-17-9-5-2-6-10-17)23-14-13-22-16-7-3-1-4-8-16/h1-12,18H,13-15H2,(H,20,21). The molecule has 0 aliphatic carbocycles. The Bertz CT molecular complexity index is 625. The summed E-state index contributed by atoms with van der Waals surface area (Å²) in [6, 6.07) is 18.7. The number of hydrogen-bond donors (Lipinski definition) is 1. The van der Waals surface area contributed by atoms with E-state index in [0.717, 1.165) is 11.8 Å². The van der Waals surface area contributed by atoms with Gasteiger partial charge in [-0.2, -0.15) is 0 Å². The lowest BCUT2D eigenvalue weighted by atomic mass is 10.3. The topological polar surface area (TPSA) is 65.0 Å². The molecule has 0 spiro atoms. The molecular weight excluding hydrogens is 308 g/mol. The van der Waals surface area contributed by atoms with Crippen LogP contribution in [-0.2, 0) is 9.53 Å². The van der Waals surface area contributed by atoms with Crippen molar-refractivity contribution in [3.05, 3.63) is 72.8 Å². The highest BCUT2D eigenvalue weighted by atomic mass is 16.6. The van der Waals surface area contributed by atoms with Crippen LogP contribution in [0.5, 0.6) is 11.5 Å². The number of carbonyl (C=O) groups is 1. The van der Waals surface area contributed by atoms with Gasteiger partial charge in [0.1, 0.15) is 30.8 Å². The Hall–Kier alpha value is -2.79. The minimum absolute atomic E-state index is 0.221. The average Bonchev–Trinajstić information content (AvgIpc) is 2.62. The lowest BCUT2D eigenvalue weighted by Gasteiger charge is -2.15. The van der Waals surface area contributed by atoms with E-state index >= 15 is 0 Å². The van der Waals surface area contributed by atoms with E-state index < -0.39 is 12.1 Å². The molecule has 2 rings (SSSR count). The summed E-state index contributed by atoms with van der Waals surface area (Å²) >= 11 is 0. The first-order valence-electron chi connectivity index (χ1n) is 7.62. The third kappa shape index (κ3) is 6.98. The van der Waals surface area contributed by atoms with Crippen LogP contribution in [0.1, 0.15) is 0 Å². The van der Waals surface area contributed by atoms with Crippen molar-refractivity contribution in [2.45, 2.75) is 6.10 Å². The summed E-state index contributed by atoms with van der Waals surface area (Å²) in [6.07, 6.45) is 2.05. The molecule has 126 valence electrons. The highest BCUT2D eigenvalue weighted by Gasteiger charge is 2.08. The van der Waals surface area contributed by atoms with Crippen LogP contribution >= 0.6 is 0 Å². The molecule has 1 atom stereocenters. The summed E-state index contributed by atoms with van der Waals surface area (Å²) in [4.78, 5) is 10.7. The zero-order valence-electron chi connectivity index (χ0n) is 13.2. The van der Waals surface area contributed by atoms with Gasteiger partial charge in [0.05, 0.1) is 6.61 Å². The summed E-state index contributed by atoms with van der Waals surface area (Å²) in [5.41, 5.74) is 0. The van der Waals surface area contributed by atoms with E-state index in [1.807, 2.05) is 60.7 Å². The Kier molecular flexibility index (Phi) is 7.37. The molecular formula is C19H20O5. The Labute approximate surface area is 141 Å². The molecule has 0 aromatic heterocycles. The van der Waals surface area contributed by atoms with E-state index in [2.05, 4.69) is 0 Å². The van der Waals surface area contributed by atoms with Gasteiger partial charge in [-0.1, -0.05) is 36.4 Å². The van der Waals surface area contributed by atoms with Gasteiger partial charge in [-0.15, -0.1) is 0 Å². The van der Waals surface area contributed by atoms with E-state index in [0.29, 0.717) is 19.0 Å². The first-order chi connectivity index (χ1) is 11.7. The Morgan fingerprint density at radius 2 is 1.50 bits per heavy atom. The number of para-hydroxylation sites is 2. The number of carboxylic acid groups (broad SMARTS) is 1. The van der Waals surface area contributed by atoms with Crippen LogP contribution in [0, 0.1) is 0 Å². The Morgan fingerprint density at radius 1 is 0.917 bits per heavy atom. The predicted octanol–water partition coefficient (Wildman–Crippen LogP) is 3.17. The normalized spacial score (nSPS) is 12.0. The van der Waals surface area contributed by atoms with E-state index in [-0.39, 0.29) is 6.61 Å².